The molecule has 2 heterocycles. The predicted molar refractivity (Wildman–Crippen MR) is 118 cm³/mol. The Morgan fingerprint density at radius 2 is 1.81 bits per heavy atom. The van der Waals surface area contributed by atoms with Gasteiger partial charge in [0.25, 0.3) is 5.91 Å². The van der Waals surface area contributed by atoms with E-state index in [0.29, 0.717) is 22.9 Å². The zero-order chi connectivity index (χ0) is 21.6. The third-order valence-corrected chi connectivity index (χ3v) is 6.11. The number of anilines is 1. The van der Waals surface area contributed by atoms with E-state index in [4.69, 9.17) is 0 Å². The molecule has 2 fully saturated rings. The number of rotatable bonds is 5. The van der Waals surface area contributed by atoms with Gasteiger partial charge in [0.2, 0.25) is 0 Å². The van der Waals surface area contributed by atoms with Crippen molar-refractivity contribution in [1.82, 2.24) is 15.1 Å². The van der Waals surface area contributed by atoms with Gasteiger partial charge in [-0.15, -0.1) is 0 Å². The number of halogens is 1. The van der Waals surface area contributed by atoms with Crippen molar-refractivity contribution in [2.24, 2.45) is 0 Å². The van der Waals surface area contributed by atoms with Crippen LogP contribution in [0.4, 0.5) is 14.9 Å². The Kier molecular flexibility index (Phi) is 6.82. The number of hydrogen-bond donors (Lipinski definition) is 2. The van der Waals surface area contributed by atoms with E-state index in [0.717, 1.165) is 39.0 Å². The lowest BCUT2D eigenvalue weighted by atomic mass is 10.0. The van der Waals surface area contributed by atoms with Crippen molar-refractivity contribution in [3.8, 4) is 0 Å². The van der Waals surface area contributed by atoms with E-state index in [1.54, 1.807) is 42.5 Å². The minimum atomic E-state index is -0.349. The van der Waals surface area contributed by atoms with E-state index in [-0.39, 0.29) is 24.3 Å². The van der Waals surface area contributed by atoms with Gasteiger partial charge in [-0.05, 0) is 63.0 Å². The van der Waals surface area contributed by atoms with E-state index < -0.39 is 0 Å². The zero-order valence-electron chi connectivity index (χ0n) is 17.6. The van der Waals surface area contributed by atoms with Crippen LogP contribution in [-0.4, -0.2) is 54.0 Å². The smallest absolute Gasteiger partial charge is 0.321 e. The summed E-state index contributed by atoms with van der Waals surface area (Å²) in [5.74, 6) is -0.663. The maximum Gasteiger partial charge on any atom is 0.321 e. The molecule has 3 amide bonds. The molecule has 0 bridgehead atoms. The maximum atomic E-state index is 13.7. The number of urea groups is 1. The number of carbonyl (C=O) groups is 2. The van der Waals surface area contributed by atoms with Crippen molar-refractivity contribution in [3.63, 3.8) is 0 Å². The summed E-state index contributed by atoms with van der Waals surface area (Å²) in [6.07, 6.45) is 4.64. The molecule has 0 aromatic heterocycles. The molecule has 4 rings (SSSR count). The van der Waals surface area contributed by atoms with Crippen LogP contribution >= 0.6 is 0 Å². The molecule has 164 valence electrons. The molecule has 0 spiro atoms. The Bertz CT molecular complexity index is 929. The largest absolute Gasteiger partial charge is 0.348 e. The predicted octanol–water partition coefficient (Wildman–Crippen LogP) is 3.85. The minimum absolute atomic E-state index is 0.105. The highest BCUT2D eigenvalue weighted by Crippen LogP contribution is 2.21. The van der Waals surface area contributed by atoms with Gasteiger partial charge in [-0.1, -0.05) is 24.3 Å². The molecule has 2 aliphatic rings. The van der Waals surface area contributed by atoms with Crippen LogP contribution < -0.4 is 10.6 Å². The summed E-state index contributed by atoms with van der Waals surface area (Å²) in [5, 5.41) is 5.66. The molecule has 31 heavy (non-hydrogen) atoms. The van der Waals surface area contributed by atoms with Crippen molar-refractivity contribution in [3.05, 3.63) is 65.5 Å². The van der Waals surface area contributed by atoms with Crippen molar-refractivity contribution >= 4 is 17.6 Å². The van der Waals surface area contributed by atoms with E-state index in [9.17, 15) is 14.0 Å². The number of nitrogens with one attached hydrogen (secondary N) is 2. The summed E-state index contributed by atoms with van der Waals surface area (Å²) >= 11 is 0. The Balaban J connectivity index is 1.33. The first-order valence-electron chi connectivity index (χ1n) is 11.0. The zero-order valence-corrected chi connectivity index (χ0v) is 17.6. The summed E-state index contributed by atoms with van der Waals surface area (Å²) in [7, 11) is 0. The molecule has 2 saturated heterocycles. The van der Waals surface area contributed by atoms with E-state index in [2.05, 4.69) is 15.5 Å². The van der Waals surface area contributed by atoms with Gasteiger partial charge in [-0.2, -0.15) is 0 Å². The van der Waals surface area contributed by atoms with Crippen LogP contribution in [-0.2, 0) is 6.54 Å². The van der Waals surface area contributed by atoms with Gasteiger partial charge in [0.05, 0.1) is 0 Å². The molecule has 2 N–H and O–H groups in total. The molecule has 0 aliphatic carbocycles. The molecule has 0 radical (unpaired) electrons. The summed E-state index contributed by atoms with van der Waals surface area (Å²) in [5.41, 5.74) is 1.42. The van der Waals surface area contributed by atoms with E-state index in [1.807, 2.05) is 4.90 Å². The van der Waals surface area contributed by atoms with Crippen LogP contribution in [0.5, 0.6) is 0 Å². The molecular formula is C24H29FN4O2. The van der Waals surface area contributed by atoms with Crippen LogP contribution in [0.3, 0.4) is 0 Å². The van der Waals surface area contributed by atoms with Gasteiger partial charge >= 0.3 is 6.03 Å². The molecule has 6 nitrogen and oxygen atoms in total. The fourth-order valence-corrected chi connectivity index (χ4v) is 4.40. The second kappa shape index (κ2) is 9.92. The van der Waals surface area contributed by atoms with Crippen molar-refractivity contribution in [2.45, 2.75) is 38.3 Å². The van der Waals surface area contributed by atoms with Gasteiger partial charge in [-0.25, -0.2) is 9.18 Å². The average Bonchev–Trinajstić information content (AvgIpc) is 3.34. The van der Waals surface area contributed by atoms with Crippen LogP contribution in [0.15, 0.2) is 48.5 Å². The molecule has 0 unspecified atom stereocenters. The molecule has 1 atom stereocenters. The number of carbonyl (C=O) groups excluding carboxylic acids is 2. The monoisotopic (exact) mass is 424 g/mol. The van der Waals surface area contributed by atoms with Crippen LogP contribution in [0, 0.1) is 5.82 Å². The molecule has 2 aromatic rings. The first kappa shape index (κ1) is 21.3. The SMILES string of the molecule is O=C(NCc1ccccc1F)c1cccc(NC(=O)N2CCC[C@H](N3CCCC3)C2)c1. The Morgan fingerprint density at radius 1 is 1.00 bits per heavy atom. The minimum Gasteiger partial charge on any atom is -0.348 e. The third-order valence-electron chi connectivity index (χ3n) is 6.11. The quantitative estimate of drug-likeness (QED) is 0.766. The number of piperidine rings is 1. The summed E-state index contributed by atoms with van der Waals surface area (Å²) < 4.78 is 13.7. The van der Waals surface area contributed by atoms with Gasteiger partial charge in [0, 0.05) is 42.5 Å². The van der Waals surface area contributed by atoms with Crippen LogP contribution in [0.1, 0.15) is 41.6 Å². The van der Waals surface area contributed by atoms with E-state index >= 15 is 0 Å². The van der Waals surface area contributed by atoms with Gasteiger partial charge in [0.15, 0.2) is 0 Å². The standard InChI is InChI=1S/C24H29FN4O2/c25-22-11-2-1-7-19(22)16-26-23(30)18-8-5-9-20(15-18)27-24(31)29-14-6-10-21(17-29)28-12-3-4-13-28/h1-2,5,7-9,11,15,21H,3-4,6,10,12-14,16-17H2,(H,26,30)(H,27,31)/t21-/m0/s1. The van der Waals surface area contributed by atoms with Crippen LogP contribution in [0.2, 0.25) is 0 Å². The average molecular weight is 425 g/mol. The normalized spacial score (nSPS) is 19.3. The number of hydrogen-bond acceptors (Lipinski definition) is 3. The second-order valence-corrected chi connectivity index (χ2v) is 8.27. The maximum absolute atomic E-state index is 13.7. The van der Waals surface area contributed by atoms with E-state index in [1.165, 1.54) is 18.9 Å². The Morgan fingerprint density at radius 3 is 2.61 bits per heavy atom. The summed E-state index contributed by atoms with van der Waals surface area (Å²) in [4.78, 5) is 29.7. The van der Waals surface area contributed by atoms with Crippen molar-refractivity contribution in [2.75, 3.05) is 31.5 Å². The second-order valence-electron chi connectivity index (χ2n) is 8.27. The number of amides is 3. The fraction of sp³-hybridized carbons (Fsp3) is 0.417. The lowest BCUT2D eigenvalue weighted by Crippen LogP contribution is -2.50. The van der Waals surface area contributed by atoms with Gasteiger partial charge < -0.3 is 15.5 Å². The topological polar surface area (TPSA) is 64.7 Å². The highest BCUT2D eigenvalue weighted by Gasteiger charge is 2.29. The summed E-state index contributed by atoms with van der Waals surface area (Å²) in [6, 6.07) is 13.5. The molecular weight excluding hydrogens is 395 g/mol. The molecule has 7 heteroatoms. The molecule has 0 saturated carbocycles. The van der Waals surface area contributed by atoms with Gasteiger partial charge in [0.1, 0.15) is 5.82 Å². The number of nitrogens with zero attached hydrogens (tertiary/aromatic N) is 2. The number of benzene rings is 2. The highest BCUT2D eigenvalue weighted by atomic mass is 19.1. The van der Waals surface area contributed by atoms with Crippen LogP contribution in [0.25, 0.3) is 0 Å². The van der Waals surface area contributed by atoms with Crippen molar-refractivity contribution < 1.29 is 14.0 Å². The van der Waals surface area contributed by atoms with Gasteiger partial charge in [-0.3, -0.25) is 9.69 Å². The number of likely N-dealkylation sites (tertiary alicyclic amines) is 2. The Labute approximate surface area is 182 Å². The highest BCUT2D eigenvalue weighted by molar-refractivity contribution is 5.96. The Hall–Kier alpha value is -2.93. The fourth-order valence-electron chi connectivity index (χ4n) is 4.40. The lowest BCUT2D eigenvalue weighted by molar-refractivity contribution is 0.0950. The summed E-state index contributed by atoms with van der Waals surface area (Å²) in [6.45, 7) is 3.86. The first-order valence-corrected chi connectivity index (χ1v) is 11.0. The first-order chi connectivity index (χ1) is 15.1. The molecule has 2 aromatic carbocycles. The molecule has 2 aliphatic heterocycles. The van der Waals surface area contributed by atoms with Crippen molar-refractivity contribution in [1.29, 1.82) is 0 Å². The lowest BCUT2D eigenvalue weighted by Gasteiger charge is -2.37. The third kappa shape index (κ3) is 5.41.